The van der Waals surface area contributed by atoms with Gasteiger partial charge in [0, 0.05) is 11.1 Å². The highest BCUT2D eigenvalue weighted by Crippen LogP contribution is 2.16. The van der Waals surface area contributed by atoms with E-state index >= 15 is 0 Å². The zero-order chi connectivity index (χ0) is 10.7. The second-order valence-corrected chi connectivity index (χ2v) is 2.80. The topological polar surface area (TPSA) is 71.4 Å². The molecule has 14 heavy (non-hydrogen) atoms. The summed E-state index contributed by atoms with van der Waals surface area (Å²) in [5.41, 5.74) is 0.394. The van der Waals surface area contributed by atoms with Crippen molar-refractivity contribution >= 4 is 18.5 Å². The first-order chi connectivity index (χ1) is 6.61. The molecule has 0 saturated heterocycles. The summed E-state index contributed by atoms with van der Waals surface area (Å²) < 4.78 is 0. The van der Waals surface area contributed by atoms with E-state index in [9.17, 15) is 14.4 Å². The van der Waals surface area contributed by atoms with E-state index < -0.39 is 5.97 Å². The molecular weight excluding hydrogens is 184 g/mol. The van der Waals surface area contributed by atoms with Crippen LogP contribution in [0.5, 0.6) is 0 Å². The number of carbonyl (C=O) groups excluding carboxylic acids is 2. The summed E-state index contributed by atoms with van der Waals surface area (Å²) in [6.45, 7) is 1.57. The van der Waals surface area contributed by atoms with E-state index in [1.54, 1.807) is 6.92 Å². The van der Waals surface area contributed by atoms with Crippen LogP contribution in [0.25, 0.3) is 0 Å². The average molecular weight is 192 g/mol. The Bertz CT molecular complexity index is 407. The minimum absolute atomic E-state index is 0.0625. The highest BCUT2D eigenvalue weighted by molar-refractivity contribution is 6.03. The SMILES string of the molecule is Cc1ccc(C=O)c(C=O)c1C(=O)O. The van der Waals surface area contributed by atoms with Crippen LogP contribution < -0.4 is 0 Å². The van der Waals surface area contributed by atoms with Gasteiger partial charge < -0.3 is 5.11 Å². The summed E-state index contributed by atoms with van der Waals surface area (Å²) in [6, 6.07) is 2.93. The maximum Gasteiger partial charge on any atom is 0.336 e. The van der Waals surface area contributed by atoms with E-state index in [1.165, 1.54) is 12.1 Å². The molecule has 0 amide bonds. The lowest BCUT2D eigenvalue weighted by atomic mass is 9.98. The summed E-state index contributed by atoms with van der Waals surface area (Å²) in [5, 5.41) is 8.82. The predicted molar refractivity (Wildman–Crippen MR) is 48.9 cm³/mol. The van der Waals surface area contributed by atoms with E-state index in [4.69, 9.17) is 5.11 Å². The molecule has 0 aliphatic heterocycles. The maximum absolute atomic E-state index is 10.8. The number of rotatable bonds is 3. The molecule has 0 spiro atoms. The van der Waals surface area contributed by atoms with E-state index in [-0.39, 0.29) is 16.7 Å². The van der Waals surface area contributed by atoms with Crippen LogP contribution in [0.4, 0.5) is 0 Å². The quantitative estimate of drug-likeness (QED) is 0.733. The molecule has 72 valence electrons. The van der Waals surface area contributed by atoms with Crippen LogP contribution in [0.15, 0.2) is 12.1 Å². The third kappa shape index (κ3) is 1.54. The van der Waals surface area contributed by atoms with Gasteiger partial charge in [0.15, 0.2) is 12.6 Å². The second kappa shape index (κ2) is 3.83. The molecule has 0 bridgehead atoms. The monoisotopic (exact) mass is 192 g/mol. The lowest BCUT2D eigenvalue weighted by Crippen LogP contribution is -2.07. The number of hydrogen-bond acceptors (Lipinski definition) is 3. The molecule has 4 heteroatoms. The summed E-state index contributed by atoms with van der Waals surface area (Å²) in [5.74, 6) is -1.20. The number of carbonyl (C=O) groups is 3. The minimum Gasteiger partial charge on any atom is -0.478 e. The molecule has 0 unspecified atom stereocenters. The Hall–Kier alpha value is -1.97. The van der Waals surface area contributed by atoms with Crippen LogP contribution in [0.1, 0.15) is 36.6 Å². The van der Waals surface area contributed by atoms with Gasteiger partial charge in [-0.25, -0.2) is 4.79 Å². The molecule has 1 rings (SSSR count). The smallest absolute Gasteiger partial charge is 0.336 e. The van der Waals surface area contributed by atoms with Gasteiger partial charge in [0.25, 0.3) is 0 Å². The number of hydrogen-bond donors (Lipinski definition) is 1. The molecule has 1 aromatic rings. The van der Waals surface area contributed by atoms with Crippen LogP contribution in [0.2, 0.25) is 0 Å². The Morgan fingerprint density at radius 2 is 1.93 bits per heavy atom. The highest BCUT2D eigenvalue weighted by Gasteiger charge is 2.15. The molecule has 4 nitrogen and oxygen atoms in total. The molecule has 0 heterocycles. The van der Waals surface area contributed by atoms with Crippen molar-refractivity contribution in [2.75, 3.05) is 0 Å². The van der Waals surface area contributed by atoms with Crippen molar-refractivity contribution in [2.45, 2.75) is 6.92 Å². The first-order valence-corrected chi connectivity index (χ1v) is 3.89. The molecule has 0 radical (unpaired) electrons. The van der Waals surface area contributed by atoms with Crippen LogP contribution in [-0.4, -0.2) is 23.6 Å². The molecule has 0 fully saturated rings. The van der Waals surface area contributed by atoms with Gasteiger partial charge in [0.05, 0.1) is 5.56 Å². The minimum atomic E-state index is -1.20. The van der Waals surface area contributed by atoms with Gasteiger partial charge in [0.2, 0.25) is 0 Å². The third-order valence-corrected chi connectivity index (χ3v) is 1.95. The number of benzene rings is 1. The number of aromatic carboxylic acids is 1. The van der Waals surface area contributed by atoms with Gasteiger partial charge >= 0.3 is 5.97 Å². The molecule has 0 saturated carbocycles. The number of aldehydes is 2. The van der Waals surface area contributed by atoms with Crippen molar-refractivity contribution in [1.29, 1.82) is 0 Å². The number of carboxylic acids is 1. The zero-order valence-corrected chi connectivity index (χ0v) is 7.48. The van der Waals surface area contributed by atoms with Crippen molar-refractivity contribution in [2.24, 2.45) is 0 Å². The Balaban J connectivity index is 3.58. The van der Waals surface area contributed by atoms with Crippen LogP contribution in [0, 0.1) is 6.92 Å². The first kappa shape index (κ1) is 10.1. The Labute approximate surface area is 80.2 Å². The molecule has 0 aromatic heterocycles. The van der Waals surface area contributed by atoms with E-state index in [2.05, 4.69) is 0 Å². The average Bonchev–Trinajstić information content (AvgIpc) is 2.16. The molecule has 1 N–H and O–H groups in total. The predicted octanol–water partition coefficient (Wildman–Crippen LogP) is 1.32. The Kier molecular flexibility index (Phi) is 2.76. The van der Waals surface area contributed by atoms with Crippen LogP contribution in [0.3, 0.4) is 0 Å². The first-order valence-electron chi connectivity index (χ1n) is 3.89. The fourth-order valence-electron chi connectivity index (χ4n) is 1.26. The lowest BCUT2D eigenvalue weighted by molar-refractivity contribution is 0.0693. The van der Waals surface area contributed by atoms with Gasteiger partial charge in [-0.2, -0.15) is 0 Å². The molecule has 1 aromatic carbocycles. The van der Waals surface area contributed by atoms with E-state index in [1.807, 2.05) is 0 Å². The molecule has 0 atom stereocenters. The van der Waals surface area contributed by atoms with Gasteiger partial charge in [-0.1, -0.05) is 12.1 Å². The molecule has 0 aliphatic carbocycles. The summed E-state index contributed by atoms with van der Waals surface area (Å²) in [7, 11) is 0. The summed E-state index contributed by atoms with van der Waals surface area (Å²) in [4.78, 5) is 32.0. The van der Waals surface area contributed by atoms with Gasteiger partial charge in [0.1, 0.15) is 0 Å². The van der Waals surface area contributed by atoms with Crippen molar-refractivity contribution in [3.05, 3.63) is 34.4 Å². The highest BCUT2D eigenvalue weighted by atomic mass is 16.4. The van der Waals surface area contributed by atoms with Gasteiger partial charge in [-0.3, -0.25) is 9.59 Å². The maximum atomic E-state index is 10.8. The molecular formula is C10H8O4. The third-order valence-electron chi connectivity index (χ3n) is 1.95. The molecule has 0 aliphatic rings. The van der Waals surface area contributed by atoms with Crippen molar-refractivity contribution in [1.82, 2.24) is 0 Å². The van der Waals surface area contributed by atoms with Gasteiger partial charge in [-0.15, -0.1) is 0 Å². The largest absolute Gasteiger partial charge is 0.478 e. The fraction of sp³-hybridized carbons (Fsp3) is 0.100. The summed E-state index contributed by atoms with van der Waals surface area (Å²) in [6.07, 6.45) is 0.857. The summed E-state index contributed by atoms with van der Waals surface area (Å²) >= 11 is 0. The number of aryl methyl sites for hydroxylation is 1. The number of carboxylic acid groups (broad SMARTS) is 1. The standard InChI is InChI=1S/C10H8O4/c1-6-2-3-7(4-11)8(5-12)9(6)10(13)14/h2-5H,1H3,(H,13,14). The second-order valence-electron chi connectivity index (χ2n) is 2.80. The Morgan fingerprint density at radius 3 is 2.36 bits per heavy atom. The Morgan fingerprint density at radius 1 is 1.29 bits per heavy atom. The van der Waals surface area contributed by atoms with Crippen molar-refractivity contribution in [3.63, 3.8) is 0 Å². The fourth-order valence-corrected chi connectivity index (χ4v) is 1.26. The lowest BCUT2D eigenvalue weighted by Gasteiger charge is -2.05. The van der Waals surface area contributed by atoms with Crippen LogP contribution >= 0.6 is 0 Å². The van der Waals surface area contributed by atoms with E-state index in [0.717, 1.165) is 0 Å². The van der Waals surface area contributed by atoms with Crippen LogP contribution in [-0.2, 0) is 0 Å². The zero-order valence-electron chi connectivity index (χ0n) is 7.48. The van der Waals surface area contributed by atoms with Crippen molar-refractivity contribution < 1.29 is 19.5 Å². The van der Waals surface area contributed by atoms with Crippen molar-refractivity contribution in [3.8, 4) is 0 Å². The van der Waals surface area contributed by atoms with Gasteiger partial charge in [-0.05, 0) is 12.5 Å². The van der Waals surface area contributed by atoms with E-state index in [0.29, 0.717) is 18.1 Å². The normalized spacial score (nSPS) is 9.50.